The van der Waals surface area contributed by atoms with Gasteiger partial charge in [-0.2, -0.15) is 0 Å². The molecule has 0 spiro atoms. The molecule has 7 nitrogen and oxygen atoms in total. The summed E-state index contributed by atoms with van der Waals surface area (Å²) in [6, 6.07) is 8.01. The van der Waals surface area contributed by atoms with Gasteiger partial charge in [-0.1, -0.05) is 36.7 Å². The Hall–Kier alpha value is -2.72. The number of sulfonamides is 1. The van der Waals surface area contributed by atoms with E-state index in [4.69, 9.17) is 11.6 Å². The standard InChI is InChI=1S/C22H26ClF2N3O4S/c1-4-11-26-22(30)15(2)27(13-16-7-5-6-8-19(16)24)21(29)14-28(33(3,31)32)17-9-10-20(25)18(23)12-17/h5-10,12,15H,4,11,13-14H2,1-3H3,(H,26,30)/t15-/m1/s1. The molecule has 0 radical (unpaired) electrons. The molecule has 0 bridgehead atoms. The normalized spacial score (nSPS) is 12.2. The molecule has 11 heteroatoms. The van der Waals surface area contributed by atoms with Crippen molar-refractivity contribution >= 4 is 39.1 Å². The van der Waals surface area contributed by atoms with Gasteiger partial charge in [0.05, 0.1) is 17.0 Å². The molecule has 0 saturated heterocycles. The predicted octanol–water partition coefficient (Wildman–Crippen LogP) is 3.33. The van der Waals surface area contributed by atoms with Gasteiger partial charge in [-0.25, -0.2) is 17.2 Å². The van der Waals surface area contributed by atoms with Gasteiger partial charge < -0.3 is 10.2 Å². The largest absolute Gasteiger partial charge is 0.354 e. The van der Waals surface area contributed by atoms with Gasteiger partial charge in [0, 0.05) is 18.7 Å². The number of hydrogen-bond donors (Lipinski definition) is 1. The first-order valence-corrected chi connectivity index (χ1v) is 12.4. The van der Waals surface area contributed by atoms with Crippen LogP contribution in [0.25, 0.3) is 0 Å². The average molecular weight is 502 g/mol. The van der Waals surface area contributed by atoms with Crippen LogP contribution < -0.4 is 9.62 Å². The zero-order valence-corrected chi connectivity index (χ0v) is 20.1. The number of nitrogens with one attached hydrogen (secondary N) is 1. The molecular formula is C22H26ClF2N3O4S. The van der Waals surface area contributed by atoms with E-state index in [9.17, 15) is 26.8 Å². The van der Waals surface area contributed by atoms with E-state index in [0.717, 1.165) is 27.6 Å². The minimum absolute atomic E-state index is 0.0221. The number of rotatable bonds is 10. The molecule has 33 heavy (non-hydrogen) atoms. The highest BCUT2D eigenvalue weighted by Gasteiger charge is 2.30. The molecule has 2 aromatic carbocycles. The molecule has 1 atom stereocenters. The van der Waals surface area contributed by atoms with Gasteiger partial charge >= 0.3 is 0 Å². The van der Waals surface area contributed by atoms with Crippen LogP contribution >= 0.6 is 11.6 Å². The van der Waals surface area contributed by atoms with Gasteiger partial charge in [0.25, 0.3) is 0 Å². The summed E-state index contributed by atoms with van der Waals surface area (Å²) < 4.78 is 53.5. The van der Waals surface area contributed by atoms with E-state index in [-0.39, 0.29) is 22.8 Å². The van der Waals surface area contributed by atoms with Crippen LogP contribution in [0.5, 0.6) is 0 Å². The van der Waals surface area contributed by atoms with Crippen LogP contribution in [-0.4, -0.2) is 50.5 Å². The fourth-order valence-corrected chi connectivity index (χ4v) is 4.06. The lowest BCUT2D eigenvalue weighted by atomic mass is 10.1. The van der Waals surface area contributed by atoms with Gasteiger partial charge in [0.15, 0.2) is 0 Å². The monoisotopic (exact) mass is 501 g/mol. The van der Waals surface area contributed by atoms with Crippen LogP contribution in [0.2, 0.25) is 5.02 Å². The van der Waals surface area contributed by atoms with E-state index in [1.54, 1.807) is 6.07 Å². The van der Waals surface area contributed by atoms with Crippen LogP contribution in [-0.2, 0) is 26.2 Å². The topological polar surface area (TPSA) is 86.8 Å². The summed E-state index contributed by atoms with van der Waals surface area (Å²) in [6.45, 7) is 2.78. The molecule has 2 amide bonds. The van der Waals surface area contributed by atoms with Gasteiger partial charge in [0.1, 0.15) is 24.2 Å². The van der Waals surface area contributed by atoms with Crippen LogP contribution in [0.3, 0.4) is 0 Å². The summed E-state index contributed by atoms with van der Waals surface area (Å²) in [7, 11) is -3.99. The van der Waals surface area contributed by atoms with Gasteiger partial charge in [-0.15, -0.1) is 0 Å². The lowest BCUT2D eigenvalue weighted by Gasteiger charge is -2.31. The Labute approximate surface area is 197 Å². The molecule has 0 fully saturated rings. The summed E-state index contributed by atoms with van der Waals surface area (Å²) in [4.78, 5) is 26.9. The Kier molecular flexibility index (Phi) is 9.18. The fourth-order valence-electron chi connectivity index (χ4n) is 3.04. The van der Waals surface area contributed by atoms with Crippen LogP contribution in [0.4, 0.5) is 14.5 Å². The highest BCUT2D eigenvalue weighted by atomic mass is 35.5. The molecule has 0 aliphatic rings. The number of benzene rings is 2. The number of carbonyl (C=O) groups is 2. The van der Waals surface area contributed by atoms with Crippen molar-refractivity contribution in [1.29, 1.82) is 0 Å². The summed E-state index contributed by atoms with van der Waals surface area (Å²) in [6.07, 6.45) is 1.56. The maximum atomic E-state index is 14.3. The first-order valence-electron chi connectivity index (χ1n) is 10.2. The Morgan fingerprint density at radius 1 is 1.12 bits per heavy atom. The predicted molar refractivity (Wildman–Crippen MR) is 123 cm³/mol. The number of carbonyl (C=O) groups excluding carboxylic acids is 2. The molecule has 180 valence electrons. The number of nitrogens with zero attached hydrogens (tertiary/aromatic N) is 2. The van der Waals surface area contributed by atoms with E-state index in [0.29, 0.717) is 13.0 Å². The van der Waals surface area contributed by atoms with E-state index in [2.05, 4.69) is 5.32 Å². The first kappa shape index (κ1) is 26.5. The second-order valence-electron chi connectivity index (χ2n) is 7.45. The Morgan fingerprint density at radius 2 is 1.79 bits per heavy atom. The molecule has 2 rings (SSSR count). The maximum Gasteiger partial charge on any atom is 0.244 e. The lowest BCUT2D eigenvalue weighted by molar-refractivity contribution is -0.139. The molecule has 2 aromatic rings. The zero-order valence-electron chi connectivity index (χ0n) is 18.5. The number of anilines is 1. The molecule has 0 aliphatic heterocycles. The van der Waals surface area contributed by atoms with Crippen molar-refractivity contribution < 1.29 is 26.8 Å². The number of hydrogen-bond acceptors (Lipinski definition) is 4. The van der Waals surface area contributed by atoms with Crippen molar-refractivity contribution in [2.24, 2.45) is 0 Å². The highest BCUT2D eigenvalue weighted by molar-refractivity contribution is 7.92. The molecule has 0 saturated carbocycles. The Morgan fingerprint density at radius 3 is 2.36 bits per heavy atom. The third kappa shape index (κ3) is 7.13. The average Bonchev–Trinajstić information content (AvgIpc) is 2.75. The van der Waals surface area contributed by atoms with E-state index in [1.165, 1.54) is 31.2 Å². The van der Waals surface area contributed by atoms with Gasteiger partial charge in [0.2, 0.25) is 21.8 Å². The highest BCUT2D eigenvalue weighted by Crippen LogP contribution is 2.25. The van der Waals surface area contributed by atoms with Crippen LogP contribution in [0, 0.1) is 11.6 Å². The van der Waals surface area contributed by atoms with E-state index >= 15 is 0 Å². The van der Waals surface area contributed by atoms with Crippen molar-refractivity contribution in [3.8, 4) is 0 Å². The summed E-state index contributed by atoms with van der Waals surface area (Å²) in [5.41, 5.74) is 0.142. The second kappa shape index (κ2) is 11.4. The number of amides is 2. The van der Waals surface area contributed by atoms with Crippen molar-refractivity contribution in [2.45, 2.75) is 32.9 Å². The van der Waals surface area contributed by atoms with Gasteiger partial charge in [-0.05, 0) is 37.6 Å². The van der Waals surface area contributed by atoms with Crippen molar-refractivity contribution in [2.75, 3.05) is 23.7 Å². The van der Waals surface area contributed by atoms with Crippen molar-refractivity contribution in [3.05, 3.63) is 64.7 Å². The van der Waals surface area contributed by atoms with Crippen LogP contribution in [0.1, 0.15) is 25.8 Å². The van der Waals surface area contributed by atoms with E-state index < -0.39 is 46.1 Å². The Bertz CT molecular complexity index is 1110. The second-order valence-corrected chi connectivity index (χ2v) is 9.76. The minimum atomic E-state index is -3.99. The molecule has 0 heterocycles. The first-order chi connectivity index (χ1) is 15.5. The zero-order chi connectivity index (χ0) is 24.8. The Balaban J connectivity index is 2.40. The van der Waals surface area contributed by atoms with Crippen molar-refractivity contribution in [1.82, 2.24) is 10.2 Å². The van der Waals surface area contributed by atoms with Crippen molar-refractivity contribution in [3.63, 3.8) is 0 Å². The third-order valence-corrected chi connectivity index (χ3v) is 6.32. The molecule has 0 aliphatic carbocycles. The molecular weight excluding hydrogens is 476 g/mol. The minimum Gasteiger partial charge on any atom is -0.354 e. The molecule has 0 unspecified atom stereocenters. The quantitative estimate of drug-likeness (QED) is 0.541. The van der Waals surface area contributed by atoms with E-state index in [1.807, 2.05) is 6.92 Å². The van der Waals surface area contributed by atoms with Gasteiger partial charge in [-0.3, -0.25) is 13.9 Å². The summed E-state index contributed by atoms with van der Waals surface area (Å²) in [5.74, 6) is -2.52. The smallest absolute Gasteiger partial charge is 0.244 e. The number of halogens is 3. The molecule has 1 N–H and O–H groups in total. The summed E-state index contributed by atoms with van der Waals surface area (Å²) in [5, 5.41) is 2.36. The fraction of sp³-hybridized carbons (Fsp3) is 0.364. The maximum absolute atomic E-state index is 14.3. The SMILES string of the molecule is CCCNC(=O)[C@@H](C)N(Cc1ccccc1F)C(=O)CN(c1ccc(F)c(Cl)c1)S(C)(=O)=O. The lowest BCUT2D eigenvalue weighted by Crippen LogP contribution is -2.51. The third-order valence-electron chi connectivity index (χ3n) is 4.89. The molecule has 0 aromatic heterocycles. The summed E-state index contributed by atoms with van der Waals surface area (Å²) >= 11 is 5.79. The van der Waals surface area contributed by atoms with Crippen LogP contribution in [0.15, 0.2) is 42.5 Å².